The molecule has 0 radical (unpaired) electrons. The first-order chi connectivity index (χ1) is 17.1. The summed E-state index contributed by atoms with van der Waals surface area (Å²) in [7, 11) is 0. The Kier molecular flexibility index (Phi) is 9.04. The van der Waals surface area contributed by atoms with Crippen LogP contribution in [0.15, 0.2) is 25.3 Å². The third-order valence-electron chi connectivity index (χ3n) is 8.50. The molecule has 3 aliphatic rings. The highest BCUT2D eigenvalue weighted by atomic mass is 16.6. The number of aliphatic hydroxyl groups excluding tert-OH is 1. The summed E-state index contributed by atoms with van der Waals surface area (Å²) >= 11 is 0. The van der Waals surface area contributed by atoms with E-state index in [9.17, 15) is 19.5 Å². The van der Waals surface area contributed by atoms with Gasteiger partial charge in [-0.3, -0.25) is 14.4 Å². The minimum atomic E-state index is -1.10. The van der Waals surface area contributed by atoms with Gasteiger partial charge >= 0.3 is 5.97 Å². The molecule has 0 saturated carbocycles. The molecule has 4 unspecified atom stereocenters. The Labute approximate surface area is 215 Å². The second kappa shape index (κ2) is 11.5. The summed E-state index contributed by atoms with van der Waals surface area (Å²) in [4.78, 5) is 45.0. The summed E-state index contributed by atoms with van der Waals surface area (Å²) in [5.74, 6) is -2.49. The van der Waals surface area contributed by atoms with Gasteiger partial charge in [-0.05, 0) is 51.9 Å². The third-order valence-corrected chi connectivity index (χ3v) is 8.50. The zero-order valence-corrected chi connectivity index (χ0v) is 22.4. The van der Waals surface area contributed by atoms with Crippen molar-refractivity contribution in [1.82, 2.24) is 9.80 Å². The first kappa shape index (κ1) is 28.4. The molecule has 8 heteroatoms. The molecule has 7 atom stereocenters. The first-order valence-electron chi connectivity index (χ1n) is 13.4. The van der Waals surface area contributed by atoms with Gasteiger partial charge < -0.3 is 24.4 Å². The molecule has 8 nitrogen and oxygen atoms in total. The lowest BCUT2D eigenvalue weighted by atomic mass is 9.62. The Bertz CT molecular complexity index is 861. The van der Waals surface area contributed by atoms with Crippen molar-refractivity contribution in [3.63, 3.8) is 0 Å². The Morgan fingerprint density at radius 3 is 2.67 bits per heavy atom. The third kappa shape index (κ3) is 4.62. The zero-order valence-electron chi connectivity index (χ0n) is 22.4. The van der Waals surface area contributed by atoms with E-state index in [1.54, 1.807) is 22.0 Å². The summed E-state index contributed by atoms with van der Waals surface area (Å²) in [6.07, 6.45) is 7.46. The maximum absolute atomic E-state index is 14.2. The molecular formula is C28H44N2O6. The monoisotopic (exact) mass is 504 g/mol. The van der Waals surface area contributed by atoms with Crippen LogP contribution in [0.4, 0.5) is 0 Å². The molecule has 2 bridgehead atoms. The van der Waals surface area contributed by atoms with E-state index in [4.69, 9.17) is 9.47 Å². The molecule has 202 valence electrons. The molecule has 3 saturated heterocycles. The molecule has 3 rings (SSSR count). The number of allylic oxidation sites excluding steroid dienone is 1. The van der Waals surface area contributed by atoms with Crippen molar-refractivity contribution >= 4 is 17.8 Å². The highest BCUT2D eigenvalue weighted by Crippen LogP contribution is 2.65. The molecule has 3 aliphatic heterocycles. The van der Waals surface area contributed by atoms with Gasteiger partial charge in [0.05, 0.1) is 18.1 Å². The first-order valence-corrected chi connectivity index (χ1v) is 13.4. The summed E-state index contributed by atoms with van der Waals surface area (Å²) < 4.78 is 12.3. The highest BCUT2D eigenvalue weighted by Gasteiger charge is 2.80. The number of likely N-dealkylation sites (tertiary alicyclic amines) is 1. The number of fused-ring (bicyclic) bond motifs is 1. The minimum absolute atomic E-state index is 0.0389. The predicted molar refractivity (Wildman–Crippen MR) is 137 cm³/mol. The van der Waals surface area contributed by atoms with Crippen LogP contribution in [0.1, 0.15) is 66.2 Å². The number of unbranched alkanes of at least 4 members (excludes halogenated alkanes) is 1. The van der Waals surface area contributed by atoms with Crippen LogP contribution in [0, 0.1) is 17.8 Å². The summed E-state index contributed by atoms with van der Waals surface area (Å²) in [5, 5.41) is 9.53. The predicted octanol–water partition coefficient (Wildman–Crippen LogP) is 3.09. The number of nitrogens with zero attached hydrogens (tertiary/aromatic N) is 2. The topological polar surface area (TPSA) is 96.4 Å². The fourth-order valence-electron chi connectivity index (χ4n) is 6.71. The Morgan fingerprint density at radius 2 is 2.06 bits per heavy atom. The van der Waals surface area contributed by atoms with Crippen LogP contribution in [0.2, 0.25) is 0 Å². The Balaban J connectivity index is 2.02. The number of rotatable bonds is 14. The lowest BCUT2D eigenvalue weighted by Gasteiger charge is -2.39. The molecule has 2 amide bonds. The fourth-order valence-corrected chi connectivity index (χ4v) is 6.71. The Hall–Kier alpha value is -2.19. The fraction of sp³-hybridized carbons (Fsp3) is 0.750. The average molecular weight is 505 g/mol. The maximum atomic E-state index is 14.2. The SMILES string of the molecule is C=CCCCOC(=O)[C@@H]1[C@H]2C(=O)N(CCCO)C(C(=O)N(CC=C)C(C)CCC)C23CC(C)[C@@]1(C)O3. The van der Waals surface area contributed by atoms with Crippen molar-refractivity contribution in [2.24, 2.45) is 17.8 Å². The van der Waals surface area contributed by atoms with Gasteiger partial charge in [0, 0.05) is 25.7 Å². The molecular weight excluding hydrogens is 460 g/mol. The van der Waals surface area contributed by atoms with Crippen LogP contribution in [-0.4, -0.2) is 82.3 Å². The lowest BCUT2D eigenvalue weighted by Crippen LogP contribution is -2.58. The molecule has 0 aromatic heterocycles. The number of carbonyl (C=O) groups is 3. The van der Waals surface area contributed by atoms with Gasteiger partial charge in [-0.15, -0.1) is 13.2 Å². The summed E-state index contributed by atoms with van der Waals surface area (Å²) in [6.45, 7) is 16.3. The number of hydrogen-bond acceptors (Lipinski definition) is 6. The van der Waals surface area contributed by atoms with Crippen LogP contribution < -0.4 is 0 Å². The Morgan fingerprint density at radius 1 is 1.33 bits per heavy atom. The molecule has 3 heterocycles. The van der Waals surface area contributed by atoms with Gasteiger partial charge in [-0.25, -0.2) is 0 Å². The van der Waals surface area contributed by atoms with Gasteiger partial charge in [0.2, 0.25) is 11.8 Å². The number of esters is 1. The molecule has 3 fully saturated rings. The standard InChI is InChI=1S/C28H44N2O6/c1-7-10-11-17-35-26(34)22-21-24(32)30(15-12-16-31)23(28(21)18-19(4)27(22,6)36-28)25(33)29(14-9-3)20(5)13-8-2/h7,9,19-23,31H,1,3,8,10-18H2,2,4-6H3/t19?,20?,21-,22-,23?,27+,28?/m0/s1. The molecule has 1 spiro atoms. The van der Waals surface area contributed by atoms with Gasteiger partial charge in [-0.2, -0.15) is 0 Å². The van der Waals surface area contributed by atoms with E-state index in [2.05, 4.69) is 20.1 Å². The van der Waals surface area contributed by atoms with E-state index in [-0.39, 0.29) is 43.5 Å². The summed E-state index contributed by atoms with van der Waals surface area (Å²) in [5.41, 5.74) is -2.00. The molecule has 0 aromatic carbocycles. The van der Waals surface area contributed by atoms with E-state index in [0.717, 1.165) is 19.3 Å². The minimum Gasteiger partial charge on any atom is -0.465 e. The van der Waals surface area contributed by atoms with Crippen LogP contribution in [-0.2, 0) is 23.9 Å². The van der Waals surface area contributed by atoms with Gasteiger partial charge in [-0.1, -0.05) is 32.4 Å². The average Bonchev–Trinajstić information content (AvgIpc) is 3.35. The van der Waals surface area contributed by atoms with E-state index in [1.165, 1.54) is 0 Å². The van der Waals surface area contributed by atoms with Crippen molar-refractivity contribution in [3.05, 3.63) is 25.3 Å². The zero-order chi connectivity index (χ0) is 26.7. The van der Waals surface area contributed by atoms with Crippen LogP contribution in [0.5, 0.6) is 0 Å². The van der Waals surface area contributed by atoms with Crippen LogP contribution in [0.25, 0.3) is 0 Å². The van der Waals surface area contributed by atoms with Crippen LogP contribution >= 0.6 is 0 Å². The normalized spacial score (nSPS) is 33.4. The highest BCUT2D eigenvalue weighted by molar-refractivity contribution is 5.98. The van der Waals surface area contributed by atoms with Crippen molar-refractivity contribution in [2.45, 2.75) is 89.5 Å². The number of ether oxygens (including phenoxy) is 2. The van der Waals surface area contributed by atoms with Crippen molar-refractivity contribution < 1.29 is 29.0 Å². The van der Waals surface area contributed by atoms with E-state index >= 15 is 0 Å². The number of carbonyl (C=O) groups excluding carboxylic acids is 3. The second-order valence-electron chi connectivity index (χ2n) is 10.8. The van der Waals surface area contributed by atoms with E-state index in [1.807, 2.05) is 20.8 Å². The van der Waals surface area contributed by atoms with Crippen molar-refractivity contribution in [1.29, 1.82) is 0 Å². The lowest BCUT2D eigenvalue weighted by molar-refractivity contribution is -0.162. The van der Waals surface area contributed by atoms with Gasteiger partial charge in [0.1, 0.15) is 17.6 Å². The second-order valence-corrected chi connectivity index (χ2v) is 10.8. The molecule has 0 aromatic rings. The number of hydrogen-bond donors (Lipinski definition) is 1. The van der Waals surface area contributed by atoms with Crippen LogP contribution in [0.3, 0.4) is 0 Å². The molecule has 36 heavy (non-hydrogen) atoms. The number of aliphatic hydroxyl groups is 1. The van der Waals surface area contributed by atoms with Gasteiger partial charge in [0.25, 0.3) is 0 Å². The van der Waals surface area contributed by atoms with Gasteiger partial charge in [0.15, 0.2) is 0 Å². The maximum Gasteiger partial charge on any atom is 0.312 e. The van der Waals surface area contributed by atoms with Crippen molar-refractivity contribution in [2.75, 3.05) is 26.3 Å². The van der Waals surface area contributed by atoms with E-state index < -0.39 is 35.0 Å². The molecule has 1 N–H and O–H groups in total. The smallest absolute Gasteiger partial charge is 0.312 e. The van der Waals surface area contributed by atoms with Crippen molar-refractivity contribution in [3.8, 4) is 0 Å². The largest absolute Gasteiger partial charge is 0.465 e. The number of amides is 2. The quantitative estimate of drug-likeness (QED) is 0.222. The molecule has 0 aliphatic carbocycles. The van der Waals surface area contributed by atoms with E-state index in [0.29, 0.717) is 25.8 Å². The summed E-state index contributed by atoms with van der Waals surface area (Å²) in [6, 6.07) is -0.897.